The number of benzene rings is 2. The van der Waals surface area contributed by atoms with E-state index in [4.69, 9.17) is 16.9 Å². The number of hydrogen-bond acceptors (Lipinski definition) is 4. The van der Waals surface area contributed by atoms with Crippen LogP contribution in [0.1, 0.15) is 23.1 Å². The minimum Gasteiger partial charge on any atom is -0.386 e. The Morgan fingerprint density at radius 1 is 1.25 bits per heavy atom. The van der Waals surface area contributed by atoms with E-state index in [1.165, 1.54) is 0 Å². The molecule has 0 aliphatic carbocycles. The smallest absolute Gasteiger partial charge is 0.181 e. The van der Waals surface area contributed by atoms with E-state index in [0.29, 0.717) is 22.2 Å². The molecule has 0 unspecified atom stereocenters. The highest BCUT2D eigenvalue weighted by atomic mass is 35.5. The molecule has 0 saturated carbocycles. The molecular formula is C18H15ClN4O. The average molecular weight is 339 g/mol. The molecule has 0 saturated heterocycles. The van der Waals surface area contributed by atoms with Gasteiger partial charge in [-0.2, -0.15) is 10.4 Å². The molecule has 0 amide bonds. The van der Waals surface area contributed by atoms with Gasteiger partial charge in [-0.1, -0.05) is 35.9 Å². The van der Waals surface area contributed by atoms with Crippen molar-refractivity contribution in [2.24, 2.45) is 0 Å². The van der Waals surface area contributed by atoms with E-state index in [1.54, 1.807) is 41.1 Å². The minimum absolute atomic E-state index is 0.275. The number of aryl methyl sites for hydroxylation is 1. The molecule has 3 rings (SSSR count). The van der Waals surface area contributed by atoms with E-state index >= 15 is 0 Å². The lowest BCUT2D eigenvalue weighted by Crippen LogP contribution is -2.11. The maximum absolute atomic E-state index is 10.4. The van der Waals surface area contributed by atoms with Crippen LogP contribution >= 0.6 is 11.6 Å². The summed E-state index contributed by atoms with van der Waals surface area (Å²) in [6.45, 7) is 2.10. The first-order valence-corrected chi connectivity index (χ1v) is 7.80. The monoisotopic (exact) mass is 338 g/mol. The first kappa shape index (κ1) is 16.2. The summed E-state index contributed by atoms with van der Waals surface area (Å²) in [5.41, 5.74) is 2.05. The van der Waals surface area contributed by atoms with Crippen molar-refractivity contribution in [1.29, 1.82) is 5.26 Å². The van der Waals surface area contributed by atoms with Crippen molar-refractivity contribution in [1.82, 2.24) is 14.8 Å². The molecule has 1 aromatic heterocycles. The number of aromatic nitrogens is 3. The largest absolute Gasteiger partial charge is 0.386 e. The Labute approximate surface area is 144 Å². The molecule has 120 valence electrons. The van der Waals surface area contributed by atoms with Gasteiger partial charge in [0, 0.05) is 10.6 Å². The van der Waals surface area contributed by atoms with Crippen molar-refractivity contribution in [3.8, 4) is 17.5 Å². The quantitative estimate of drug-likeness (QED) is 0.789. The van der Waals surface area contributed by atoms with Crippen LogP contribution in [0, 0.1) is 18.3 Å². The van der Waals surface area contributed by atoms with Gasteiger partial charge in [0.15, 0.2) is 5.82 Å². The van der Waals surface area contributed by atoms with Crippen molar-refractivity contribution in [2.75, 3.05) is 0 Å². The molecule has 6 heteroatoms. The molecular weight excluding hydrogens is 324 g/mol. The Hall–Kier alpha value is -2.68. The summed E-state index contributed by atoms with van der Waals surface area (Å²) in [6, 6.07) is 16.3. The van der Waals surface area contributed by atoms with Crippen LogP contribution in [0.2, 0.25) is 5.02 Å². The fourth-order valence-electron chi connectivity index (χ4n) is 2.43. The molecule has 0 aliphatic rings. The second-order valence-corrected chi connectivity index (χ2v) is 5.86. The van der Waals surface area contributed by atoms with E-state index in [2.05, 4.69) is 16.2 Å². The van der Waals surface area contributed by atoms with E-state index in [1.807, 2.05) is 19.1 Å². The fraction of sp³-hybridized carbons (Fsp3) is 0.167. The SMILES string of the molecule is Cc1nc(-c2cccc(C#N)c2)nn1C[C@H](O)c1cccc(Cl)c1. The molecule has 0 aliphatic heterocycles. The molecule has 2 aromatic carbocycles. The van der Waals surface area contributed by atoms with Gasteiger partial charge >= 0.3 is 0 Å². The summed E-state index contributed by atoms with van der Waals surface area (Å²) >= 11 is 5.96. The first-order chi connectivity index (χ1) is 11.6. The van der Waals surface area contributed by atoms with E-state index in [9.17, 15) is 5.11 Å². The van der Waals surface area contributed by atoms with Gasteiger partial charge in [0.25, 0.3) is 0 Å². The average Bonchev–Trinajstić information content (AvgIpc) is 2.95. The van der Waals surface area contributed by atoms with Crippen LogP contribution in [-0.2, 0) is 6.54 Å². The van der Waals surface area contributed by atoms with Crippen LogP contribution in [0.5, 0.6) is 0 Å². The van der Waals surface area contributed by atoms with Gasteiger partial charge < -0.3 is 5.11 Å². The molecule has 5 nitrogen and oxygen atoms in total. The highest BCUT2D eigenvalue weighted by Crippen LogP contribution is 2.21. The third kappa shape index (κ3) is 3.46. The summed E-state index contributed by atoms with van der Waals surface area (Å²) in [6.07, 6.45) is -0.734. The molecule has 1 heterocycles. The second-order valence-electron chi connectivity index (χ2n) is 5.43. The van der Waals surface area contributed by atoms with Gasteiger partial charge in [0.05, 0.1) is 24.3 Å². The molecule has 0 fully saturated rings. The number of nitrogens with zero attached hydrogens (tertiary/aromatic N) is 4. The lowest BCUT2D eigenvalue weighted by molar-refractivity contribution is 0.150. The summed E-state index contributed by atoms with van der Waals surface area (Å²) in [7, 11) is 0. The topological polar surface area (TPSA) is 74.7 Å². The fourth-order valence-corrected chi connectivity index (χ4v) is 2.62. The van der Waals surface area contributed by atoms with Crippen LogP contribution in [0.15, 0.2) is 48.5 Å². The number of rotatable bonds is 4. The Kier molecular flexibility index (Phi) is 4.61. The normalized spacial score (nSPS) is 11.9. The number of halogens is 1. The highest BCUT2D eigenvalue weighted by Gasteiger charge is 2.14. The highest BCUT2D eigenvalue weighted by molar-refractivity contribution is 6.30. The van der Waals surface area contributed by atoms with E-state index in [0.717, 1.165) is 11.1 Å². The standard InChI is InChI=1S/C18H15ClN4O/c1-12-21-18(15-6-2-4-13(8-15)10-20)22-23(12)11-17(24)14-5-3-7-16(19)9-14/h2-9,17,24H,11H2,1H3/t17-/m0/s1. The minimum atomic E-state index is -0.734. The molecule has 1 atom stereocenters. The molecule has 0 spiro atoms. The molecule has 3 aromatic rings. The van der Waals surface area contributed by atoms with Crippen LogP contribution in [-0.4, -0.2) is 19.9 Å². The van der Waals surface area contributed by atoms with Crippen LogP contribution in [0.25, 0.3) is 11.4 Å². The maximum Gasteiger partial charge on any atom is 0.181 e. The predicted molar refractivity (Wildman–Crippen MR) is 91.3 cm³/mol. The number of aliphatic hydroxyl groups is 1. The third-order valence-electron chi connectivity index (χ3n) is 3.69. The van der Waals surface area contributed by atoms with Crippen molar-refractivity contribution < 1.29 is 5.11 Å². The zero-order valence-electron chi connectivity index (χ0n) is 13.0. The Morgan fingerprint density at radius 2 is 2.04 bits per heavy atom. The van der Waals surface area contributed by atoms with Crippen molar-refractivity contribution in [3.05, 3.63) is 70.5 Å². The summed E-state index contributed by atoms with van der Waals surface area (Å²) in [5, 5.41) is 24.4. The lowest BCUT2D eigenvalue weighted by atomic mass is 10.1. The Bertz CT molecular complexity index is 913. The zero-order chi connectivity index (χ0) is 17.1. The molecule has 0 radical (unpaired) electrons. The van der Waals surface area contributed by atoms with Crippen LogP contribution in [0.3, 0.4) is 0 Å². The predicted octanol–water partition coefficient (Wildman–Crippen LogP) is 3.51. The van der Waals surface area contributed by atoms with Gasteiger partial charge in [0.1, 0.15) is 5.82 Å². The van der Waals surface area contributed by atoms with E-state index in [-0.39, 0.29) is 6.54 Å². The summed E-state index contributed by atoms with van der Waals surface area (Å²) < 4.78 is 1.65. The maximum atomic E-state index is 10.4. The van der Waals surface area contributed by atoms with Crippen LogP contribution < -0.4 is 0 Å². The summed E-state index contributed by atoms with van der Waals surface area (Å²) in [5.74, 6) is 1.22. The van der Waals surface area contributed by atoms with Gasteiger partial charge in [-0.15, -0.1) is 0 Å². The van der Waals surface area contributed by atoms with Gasteiger partial charge in [-0.25, -0.2) is 9.67 Å². The Balaban J connectivity index is 1.85. The van der Waals surface area contributed by atoms with E-state index < -0.39 is 6.10 Å². The second kappa shape index (κ2) is 6.83. The zero-order valence-corrected chi connectivity index (χ0v) is 13.8. The molecule has 1 N–H and O–H groups in total. The van der Waals surface area contributed by atoms with Crippen molar-refractivity contribution in [3.63, 3.8) is 0 Å². The Morgan fingerprint density at radius 3 is 2.79 bits per heavy atom. The first-order valence-electron chi connectivity index (χ1n) is 7.42. The third-order valence-corrected chi connectivity index (χ3v) is 3.92. The van der Waals surface area contributed by atoms with Crippen molar-refractivity contribution in [2.45, 2.75) is 19.6 Å². The van der Waals surface area contributed by atoms with Crippen LogP contribution in [0.4, 0.5) is 0 Å². The molecule has 0 bridgehead atoms. The van der Waals surface area contributed by atoms with Gasteiger partial charge in [-0.05, 0) is 36.8 Å². The molecule has 24 heavy (non-hydrogen) atoms. The number of hydrogen-bond donors (Lipinski definition) is 1. The number of aliphatic hydroxyl groups excluding tert-OH is 1. The lowest BCUT2D eigenvalue weighted by Gasteiger charge is -2.12. The number of nitriles is 1. The van der Waals surface area contributed by atoms with Gasteiger partial charge in [0.2, 0.25) is 0 Å². The summed E-state index contributed by atoms with van der Waals surface area (Å²) in [4.78, 5) is 4.43. The van der Waals surface area contributed by atoms with Gasteiger partial charge in [-0.3, -0.25) is 0 Å². The van der Waals surface area contributed by atoms with Crippen molar-refractivity contribution >= 4 is 11.6 Å².